The van der Waals surface area contributed by atoms with Crippen LogP contribution in [-0.2, 0) is 11.2 Å². The fraction of sp³-hybridized carbons (Fsp3) is 0.400. The lowest BCUT2D eigenvalue weighted by molar-refractivity contribution is -0.121. The van der Waals surface area contributed by atoms with Crippen molar-refractivity contribution >= 4 is 11.6 Å². The highest BCUT2D eigenvalue weighted by molar-refractivity contribution is 5.84. The number of anilines is 1. The molecule has 1 rings (SSSR count). The first-order valence-electron chi connectivity index (χ1n) is 4.57. The van der Waals surface area contributed by atoms with Gasteiger partial charge in [0.2, 0.25) is 0 Å². The van der Waals surface area contributed by atoms with Crippen molar-refractivity contribution in [3.63, 3.8) is 0 Å². The van der Waals surface area contributed by atoms with Crippen molar-refractivity contribution in [3.8, 4) is 0 Å². The maximum Gasteiger partial charge on any atom is 0.141 e. The first kappa shape index (κ1) is 10.7. The molecule has 0 bridgehead atoms. The van der Waals surface area contributed by atoms with Crippen LogP contribution in [0.3, 0.4) is 0 Å². The molecule has 0 aliphatic heterocycles. The molecule has 1 aromatic heterocycles. The second-order valence-electron chi connectivity index (χ2n) is 3.33. The Morgan fingerprint density at radius 3 is 2.93 bits per heavy atom. The number of Topliss-reactive ketones (excluding diaryl/α,β-unsaturated/α-hetero) is 1. The normalized spacial score (nSPS) is 12.4. The maximum atomic E-state index is 11.5. The Kier molecular flexibility index (Phi) is 3.59. The average Bonchev–Trinajstić information content (AvgIpc) is 2.20. The van der Waals surface area contributed by atoms with Crippen LogP contribution in [0, 0.1) is 5.92 Å². The second kappa shape index (κ2) is 4.72. The molecule has 1 heterocycles. The molecule has 4 nitrogen and oxygen atoms in total. The zero-order valence-electron chi connectivity index (χ0n) is 8.23. The summed E-state index contributed by atoms with van der Waals surface area (Å²) in [6.45, 7) is 2.19. The highest BCUT2D eigenvalue weighted by Gasteiger charge is 2.12. The molecule has 0 saturated carbocycles. The molecule has 1 atom stereocenters. The number of carbonyl (C=O) groups excluding carboxylic acids is 1. The van der Waals surface area contributed by atoms with E-state index in [2.05, 4.69) is 4.98 Å². The minimum absolute atomic E-state index is 0.104. The number of hydrogen-bond donors (Lipinski definition) is 2. The zero-order valence-corrected chi connectivity index (χ0v) is 8.23. The molecule has 0 aromatic carbocycles. The molecular weight excluding hydrogens is 178 g/mol. The number of hydrogen-bond acceptors (Lipinski definition) is 4. The van der Waals surface area contributed by atoms with Crippen LogP contribution in [0.25, 0.3) is 0 Å². The summed E-state index contributed by atoms with van der Waals surface area (Å²) in [6, 6.07) is 3.58. The number of ketones is 1. The van der Waals surface area contributed by atoms with Crippen molar-refractivity contribution in [1.82, 2.24) is 4.98 Å². The average molecular weight is 193 g/mol. The van der Waals surface area contributed by atoms with Gasteiger partial charge in [-0.15, -0.1) is 0 Å². The lowest BCUT2D eigenvalue weighted by atomic mass is 10.0. The molecule has 0 aliphatic carbocycles. The summed E-state index contributed by atoms with van der Waals surface area (Å²) in [5, 5.41) is 0. The number of nitrogens with two attached hydrogens (primary N) is 2. The summed E-state index contributed by atoms with van der Waals surface area (Å²) in [5.74, 6) is 0.409. The van der Waals surface area contributed by atoms with Crippen LogP contribution in [-0.4, -0.2) is 17.3 Å². The van der Waals surface area contributed by atoms with Crippen LogP contribution in [0.4, 0.5) is 5.82 Å². The van der Waals surface area contributed by atoms with Gasteiger partial charge in [0.05, 0.1) is 0 Å². The SMILES string of the molecule is CC(CN)C(=O)Cc1cccnc1N. The Bertz CT molecular complexity index is 325. The molecule has 0 amide bonds. The largest absolute Gasteiger partial charge is 0.383 e. The smallest absolute Gasteiger partial charge is 0.141 e. The quantitative estimate of drug-likeness (QED) is 0.723. The number of carbonyl (C=O) groups is 1. The van der Waals surface area contributed by atoms with E-state index in [1.54, 1.807) is 12.3 Å². The van der Waals surface area contributed by atoms with Crippen molar-refractivity contribution in [1.29, 1.82) is 0 Å². The Morgan fingerprint density at radius 1 is 1.64 bits per heavy atom. The minimum atomic E-state index is -0.116. The molecule has 0 aliphatic rings. The fourth-order valence-electron chi connectivity index (χ4n) is 1.09. The van der Waals surface area contributed by atoms with Gasteiger partial charge in [0.25, 0.3) is 0 Å². The number of nitrogen functional groups attached to an aromatic ring is 1. The highest BCUT2D eigenvalue weighted by Crippen LogP contribution is 2.10. The van der Waals surface area contributed by atoms with Gasteiger partial charge in [-0.1, -0.05) is 13.0 Å². The van der Waals surface area contributed by atoms with E-state index in [1.807, 2.05) is 13.0 Å². The van der Waals surface area contributed by atoms with Crippen LogP contribution in [0.1, 0.15) is 12.5 Å². The number of aromatic nitrogens is 1. The standard InChI is InChI=1S/C10H15N3O/c1-7(6-11)9(14)5-8-3-2-4-13-10(8)12/h2-4,7H,5-6,11H2,1H3,(H2,12,13). The second-order valence-corrected chi connectivity index (χ2v) is 3.33. The van der Waals surface area contributed by atoms with Crippen molar-refractivity contribution in [3.05, 3.63) is 23.9 Å². The summed E-state index contributed by atoms with van der Waals surface area (Å²) < 4.78 is 0. The van der Waals surface area contributed by atoms with Crippen molar-refractivity contribution < 1.29 is 4.79 Å². The van der Waals surface area contributed by atoms with E-state index in [0.29, 0.717) is 18.8 Å². The minimum Gasteiger partial charge on any atom is -0.383 e. The van der Waals surface area contributed by atoms with Gasteiger partial charge in [-0.3, -0.25) is 4.79 Å². The molecule has 76 valence electrons. The van der Waals surface area contributed by atoms with Crippen molar-refractivity contribution in [2.45, 2.75) is 13.3 Å². The van der Waals surface area contributed by atoms with Crippen LogP contribution in [0.2, 0.25) is 0 Å². The van der Waals surface area contributed by atoms with Gasteiger partial charge in [-0.2, -0.15) is 0 Å². The van der Waals surface area contributed by atoms with E-state index in [-0.39, 0.29) is 11.7 Å². The summed E-state index contributed by atoms with van der Waals surface area (Å²) in [4.78, 5) is 15.4. The van der Waals surface area contributed by atoms with Gasteiger partial charge in [0.1, 0.15) is 11.6 Å². The lowest BCUT2D eigenvalue weighted by Gasteiger charge is -2.08. The summed E-state index contributed by atoms with van der Waals surface area (Å²) in [7, 11) is 0. The zero-order chi connectivity index (χ0) is 10.6. The third-order valence-corrected chi connectivity index (χ3v) is 2.19. The van der Waals surface area contributed by atoms with Gasteiger partial charge in [-0.25, -0.2) is 4.98 Å². The van der Waals surface area contributed by atoms with E-state index in [1.165, 1.54) is 0 Å². The lowest BCUT2D eigenvalue weighted by Crippen LogP contribution is -2.22. The Balaban J connectivity index is 2.70. The summed E-state index contributed by atoms with van der Waals surface area (Å²) in [6.07, 6.45) is 1.92. The highest BCUT2D eigenvalue weighted by atomic mass is 16.1. The van der Waals surface area contributed by atoms with Gasteiger partial charge in [0.15, 0.2) is 0 Å². The molecule has 0 saturated heterocycles. The monoisotopic (exact) mass is 193 g/mol. The van der Waals surface area contributed by atoms with E-state index in [9.17, 15) is 4.79 Å². The predicted octanol–water partition coefficient (Wildman–Crippen LogP) is 0.370. The van der Waals surface area contributed by atoms with Gasteiger partial charge < -0.3 is 11.5 Å². The molecule has 4 heteroatoms. The maximum absolute atomic E-state index is 11.5. The summed E-state index contributed by atoms with van der Waals surface area (Å²) in [5.41, 5.74) is 11.8. The van der Waals surface area contributed by atoms with E-state index in [0.717, 1.165) is 5.56 Å². The van der Waals surface area contributed by atoms with Gasteiger partial charge in [-0.05, 0) is 6.07 Å². The van der Waals surface area contributed by atoms with E-state index < -0.39 is 0 Å². The molecule has 0 fully saturated rings. The van der Waals surface area contributed by atoms with E-state index >= 15 is 0 Å². The third kappa shape index (κ3) is 2.53. The Hall–Kier alpha value is -1.42. The van der Waals surface area contributed by atoms with Crippen LogP contribution >= 0.6 is 0 Å². The molecule has 14 heavy (non-hydrogen) atoms. The topological polar surface area (TPSA) is 82.0 Å². The Morgan fingerprint density at radius 2 is 2.36 bits per heavy atom. The van der Waals surface area contributed by atoms with E-state index in [4.69, 9.17) is 11.5 Å². The first-order chi connectivity index (χ1) is 6.65. The Labute approximate surface area is 83.3 Å². The van der Waals surface area contributed by atoms with Crippen molar-refractivity contribution in [2.24, 2.45) is 11.7 Å². The van der Waals surface area contributed by atoms with Gasteiger partial charge in [0, 0.05) is 30.6 Å². The fourth-order valence-corrected chi connectivity index (χ4v) is 1.09. The number of nitrogens with zero attached hydrogens (tertiary/aromatic N) is 1. The van der Waals surface area contributed by atoms with Crippen molar-refractivity contribution in [2.75, 3.05) is 12.3 Å². The number of rotatable bonds is 4. The van der Waals surface area contributed by atoms with Crippen LogP contribution < -0.4 is 11.5 Å². The van der Waals surface area contributed by atoms with Gasteiger partial charge >= 0.3 is 0 Å². The molecule has 0 radical (unpaired) electrons. The third-order valence-electron chi connectivity index (χ3n) is 2.19. The molecular formula is C10H15N3O. The van der Waals surface area contributed by atoms with Crippen LogP contribution in [0.5, 0.6) is 0 Å². The molecule has 1 aromatic rings. The van der Waals surface area contributed by atoms with Crippen LogP contribution in [0.15, 0.2) is 18.3 Å². The summed E-state index contributed by atoms with van der Waals surface area (Å²) >= 11 is 0. The molecule has 1 unspecified atom stereocenters. The predicted molar refractivity (Wildman–Crippen MR) is 55.6 cm³/mol. The number of pyridine rings is 1. The first-order valence-corrected chi connectivity index (χ1v) is 4.57. The molecule has 4 N–H and O–H groups in total. The molecule has 0 spiro atoms.